The third-order valence-electron chi connectivity index (χ3n) is 2.79. The molecule has 0 radical (unpaired) electrons. The van der Waals surface area contributed by atoms with Crippen molar-refractivity contribution in [1.29, 1.82) is 0 Å². The topological polar surface area (TPSA) is 47.0 Å². The number of likely N-dealkylation sites (N-methyl/N-ethyl adjacent to an activating group) is 1. The van der Waals surface area contributed by atoms with Gasteiger partial charge in [0.2, 0.25) is 0 Å². The number of nitrogens with one attached hydrogen (secondary N) is 1. The van der Waals surface area contributed by atoms with Crippen molar-refractivity contribution in [2.75, 3.05) is 20.2 Å². The molecule has 0 unspecified atom stereocenters. The molecule has 0 aliphatic carbocycles. The quantitative estimate of drug-likeness (QED) is 0.789. The predicted molar refractivity (Wildman–Crippen MR) is 78.0 cm³/mol. The van der Waals surface area contributed by atoms with E-state index < -0.39 is 0 Å². The summed E-state index contributed by atoms with van der Waals surface area (Å²) in [6.07, 6.45) is 1.79. The zero-order chi connectivity index (χ0) is 13.5. The van der Waals surface area contributed by atoms with E-state index in [0.717, 1.165) is 41.7 Å². The lowest BCUT2D eigenvalue weighted by Gasteiger charge is -2.00. The number of rotatable bonds is 7. The van der Waals surface area contributed by atoms with Crippen LogP contribution in [0, 0.1) is 0 Å². The van der Waals surface area contributed by atoms with E-state index in [1.165, 1.54) is 5.56 Å². The lowest BCUT2D eigenvalue weighted by Crippen LogP contribution is -2.15. The fourth-order valence-corrected chi connectivity index (χ4v) is 2.63. The highest BCUT2D eigenvalue weighted by molar-refractivity contribution is 7.11. The smallest absolute Gasteiger partial charge is 0.121 e. The molecule has 102 valence electrons. The third-order valence-corrected chi connectivity index (χ3v) is 3.77. The molecule has 0 spiro atoms. The van der Waals surface area contributed by atoms with Crippen LogP contribution in [0.25, 0.3) is 0 Å². The molecule has 1 aromatic heterocycles. The monoisotopic (exact) mass is 277 g/mol. The first kappa shape index (κ1) is 14.0. The van der Waals surface area contributed by atoms with E-state index >= 15 is 0 Å². The first-order valence-electron chi connectivity index (χ1n) is 6.46. The summed E-state index contributed by atoms with van der Waals surface area (Å²) in [5.41, 5.74) is 1.23. The zero-order valence-corrected chi connectivity index (χ0v) is 12.2. The molecule has 5 heteroatoms. The van der Waals surface area contributed by atoms with E-state index in [0.29, 0.717) is 0 Å². The summed E-state index contributed by atoms with van der Waals surface area (Å²) >= 11 is 1.69. The molecule has 0 saturated heterocycles. The van der Waals surface area contributed by atoms with Crippen molar-refractivity contribution in [2.45, 2.75) is 19.8 Å². The van der Waals surface area contributed by atoms with Crippen LogP contribution in [-0.2, 0) is 12.8 Å². The Morgan fingerprint density at radius 2 is 1.89 bits per heavy atom. The van der Waals surface area contributed by atoms with Crippen molar-refractivity contribution >= 4 is 11.3 Å². The SMILES string of the molecule is CCNCCc1nnc(Cc2ccc(OC)cc2)s1. The van der Waals surface area contributed by atoms with Gasteiger partial charge in [-0.05, 0) is 24.2 Å². The maximum absolute atomic E-state index is 5.15. The van der Waals surface area contributed by atoms with Crippen LogP contribution < -0.4 is 10.1 Å². The highest BCUT2D eigenvalue weighted by atomic mass is 32.1. The van der Waals surface area contributed by atoms with Crippen molar-refractivity contribution in [1.82, 2.24) is 15.5 Å². The highest BCUT2D eigenvalue weighted by Gasteiger charge is 2.05. The Morgan fingerprint density at radius 3 is 2.58 bits per heavy atom. The lowest BCUT2D eigenvalue weighted by atomic mass is 10.1. The van der Waals surface area contributed by atoms with Crippen LogP contribution in [0.1, 0.15) is 22.5 Å². The standard InChI is InChI=1S/C14H19N3OS/c1-3-15-9-8-13-16-17-14(19-13)10-11-4-6-12(18-2)7-5-11/h4-7,15H,3,8-10H2,1-2H3. The van der Waals surface area contributed by atoms with Gasteiger partial charge >= 0.3 is 0 Å². The molecule has 0 fully saturated rings. The van der Waals surface area contributed by atoms with Crippen LogP contribution in [0.4, 0.5) is 0 Å². The summed E-state index contributed by atoms with van der Waals surface area (Å²) in [5.74, 6) is 0.882. The summed E-state index contributed by atoms with van der Waals surface area (Å²) in [7, 11) is 1.68. The van der Waals surface area contributed by atoms with Crippen LogP contribution >= 0.6 is 11.3 Å². The fraction of sp³-hybridized carbons (Fsp3) is 0.429. The molecule has 0 atom stereocenters. The third kappa shape index (κ3) is 4.29. The van der Waals surface area contributed by atoms with Crippen molar-refractivity contribution in [3.63, 3.8) is 0 Å². The molecule has 1 N–H and O–H groups in total. The Hall–Kier alpha value is -1.46. The molecule has 2 aromatic rings. The number of aromatic nitrogens is 2. The van der Waals surface area contributed by atoms with Gasteiger partial charge in [0, 0.05) is 19.4 Å². The predicted octanol–water partition coefficient (Wildman–Crippen LogP) is 2.29. The minimum Gasteiger partial charge on any atom is -0.497 e. The van der Waals surface area contributed by atoms with Gasteiger partial charge in [-0.1, -0.05) is 19.1 Å². The molecule has 0 saturated carbocycles. The lowest BCUT2D eigenvalue weighted by molar-refractivity contribution is 0.414. The average Bonchev–Trinajstić information content (AvgIpc) is 2.88. The summed E-state index contributed by atoms with van der Waals surface area (Å²) < 4.78 is 5.15. The molecule has 0 aliphatic heterocycles. The number of methoxy groups -OCH3 is 1. The average molecular weight is 277 g/mol. The Kier molecular flexibility index (Phi) is 5.30. The van der Waals surface area contributed by atoms with Gasteiger partial charge in [-0.25, -0.2) is 0 Å². The van der Waals surface area contributed by atoms with E-state index in [9.17, 15) is 0 Å². The van der Waals surface area contributed by atoms with Crippen LogP contribution in [0.5, 0.6) is 5.75 Å². The minimum absolute atomic E-state index is 0.836. The number of benzene rings is 1. The van der Waals surface area contributed by atoms with Crippen molar-refractivity contribution in [3.05, 3.63) is 39.8 Å². The van der Waals surface area contributed by atoms with E-state index in [1.807, 2.05) is 12.1 Å². The van der Waals surface area contributed by atoms with Crippen LogP contribution in [0.2, 0.25) is 0 Å². The molecule has 2 rings (SSSR count). The molecule has 4 nitrogen and oxygen atoms in total. The van der Waals surface area contributed by atoms with Crippen LogP contribution in [0.3, 0.4) is 0 Å². The normalized spacial score (nSPS) is 10.6. The Labute approximate surface area is 117 Å². The molecular weight excluding hydrogens is 258 g/mol. The molecule has 0 aliphatic rings. The highest BCUT2D eigenvalue weighted by Crippen LogP contribution is 2.17. The second kappa shape index (κ2) is 7.21. The number of nitrogens with zero attached hydrogens (tertiary/aromatic N) is 2. The van der Waals surface area contributed by atoms with Gasteiger partial charge in [-0.15, -0.1) is 21.5 Å². The van der Waals surface area contributed by atoms with Gasteiger partial charge in [0.1, 0.15) is 15.8 Å². The second-order valence-corrected chi connectivity index (χ2v) is 5.36. The molecule has 0 bridgehead atoms. The summed E-state index contributed by atoms with van der Waals surface area (Å²) in [4.78, 5) is 0. The van der Waals surface area contributed by atoms with Crippen molar-refractivity contribution < 1.29 is 4.74 Å². The minimum atomic E-state index is 0.836. The van der Waals surface area contributed by atoms with E-state index in [4.69, 9.17) is 4.74 Å². The first-order valence-corrected chi connectivity index (χ1v) is 7.28. The Bertz CT molecular complexity index is 496. The summed E-state index contributed by atoms with van der Waals surface area (Å²) in [6.45, 7) is 4.07. The summed E-state index contributed by atoms with van der Waals surface area (Å²) in [6, 6.07) is 8.09. The van der Waals surface area contributed by atoms with E-state index in [1.54, 1.807) is 18.4 Å². The van der Waals surface area contributed by atoms with Gasteiger partial charge in [-0.3, -0.25) is 0 Å². The van der Waals surface area contributed by atoms with Crippen molar-refractivity contribution in [3.8, 4) is 5.75 Å². The van der Waals surface area contributed by atoms with Gasteiger partial charge in [0.25, 0.3) is 0 Å². The Morgan fingerprint density at radius 1 is 1.16 bits per heavy atom. The zero-order valence-electron chi connectivity index (χ0n) is 11.3. The molecule has 1 heterocycles. The number of hydrogen-bond donors (Lipinski definition) is 1. The second-order valence-electron chi connectivity index (χ2n) is 4.22. The van der Waals surface area contributed by atoms with Gasteiger partial charge < -0.3 is 10.1 Å². The molecule has 0 amide bonds. The number of hydrogen-bond acceptors (Lipinski definition) is 5. The van der Waals surface area contributed by atoms with Crippen molar-refractivity contribution in [2.24, 2.45) is 0 Å². The first-order chi connectivity index (χ1) is 9.31. The van der Waals surface area contributed by atoms with Crippen LogP contribution in [-0.4, -0.2) is 30.4 Å². The summed E-state index contributed by atoms with van der Waals surface area (Å²) in [5, 5.41) is 13.9. The van der Waals surface area contributed by atoms with Gasteiger partial charge in [0.15, 0.2) is 0 Å². The van der Waals surface area contributed by atoms with E-state index in [-0.39, 0.29) is 0 Å². The largest absolute Gasteiger partial charge is 0.497 e. The van der Waals surface area contributed by atoms with Crippen LogP contribution in [0.15, 0.2) is 24.3 Å². The van der Waals surface area contributed by atoms with E-state index in [2.05, 4.69) is 34.6 Å². The molecule has 19 heavy (non-hydrogen) atoms. The van der Waals surface area contributed by atoms with Gasteiger partial charge in [-0.2, -0.15) is 0 Å². The number of ether oxygens (including phenoxy) is 1. The van der Waals surface area contributed by atoms with Gasteiger partial charge in [0.05, 0.1) is 7.11 Å². The fourth-order valence-electron chi connectivity index (χ4n) is 1.75. The molecular formula is C14H19N3OS. The maximum atomic E-state index is 5.15. The maximum Gasteiger partial charge on any atom is 0.121 e. The Balaban J connectivity index is 1.91. The molecule has 1 aromatic carbocycles.